The Kier molecular flexibility index (Phi) is 9.87. The van der Waals surface area contributed by atoms with Gasteiger partial charge in [-0.05, 0) is 49.4 Å². The fraction of sp³-hybridized carbons (Fsp3) is 0.458. The molecule has 2 aromatic rings. The van der Waals surface area contributed by atoms with Crippen molar-refractivity contribution in [1.82, 2.24) is 5.32 Å². The predicted molar refractivity (Wildman–Crippen MR) is 141 cm³/mol. The summed E-state index contributed by atoms with van der Waals surface area (Å²) in [4.78, 5) is 38.2. The molecule has 11 heteroatoms. The molecule has 2 rings (SSSR count). The summed E-state index contributed by atoms with van der Waals surface area (Å²) in [6.07, 6.45) is -1.25. The molecular formula is C24H29Cl3N2O5S. The molecule has 1 atom stereocenters. The largest absolute Gasteiger partial charge is 0.462 e. The van der Waals surface area contributed by atoms with Gasteiger partial charge in [0.1, 0.15) is 16.0 Å². The number of carbonyl (C=O) groups excluding carboxylic acids is 3. The Morgan fingerprint density at radius 3 is 2.00 bits per heavy atom. The first kappa shape index (κ1) is 29.2. The fourth-order valence-electron chi connectivity index (χ4n) is 3.12. The lowest BCUT2D eigenvalue weighted by Crippen LogP contribution is -2.49. The van der Waals surface area contributed by atoms with Crippen molar-refractivity contribution in [2.45, 2.75) is 56.9 Å². The minimum absolute atomic E-state index is 0.0756. The second-order valence-corrected chi connectivity index (χ2v) is 12.0. The van der Waals surface area contributed by atoms with Crippen molar-refractivity contribution in [3.63, 3.8) is 0 Å². The zero-order valence-electron chi connectivity index (χ0n) is 20.4. The van der Waals surface area contributed by atoms with Gasteiger partial charge in [0.15, 0.2) is 0 Å². The number of alkyl halides is 3. The molecule has 0 saturated heterocycles. The van der Waals surface area contributed by atoms with Gasteiger partial charge in [-0.3, -0.25) is 4.79 Å². The second-order valence-electron chi connectivity index (χ2n) is 8.62. The topological polar surface area (TPSA) is 93.7 Å². The van der Waals surface area contributed by atoms with Crippen LogP contribution in [0.15, 0.2) is 24.3 Å². The van der Waals surface area contributed by atoms with Crippen LogP contribution in [0.25, 0.3) is 0 Å². The Morgan fingerprint density at radius 2 is 1.51 bits per heavy atom. The number of hydrogen-bond donors (Lipinski definition) is 2. The van der Waals surface area contributed by atoms with Gasteiger partial charge in [0.05, 0.1) is 18.8 Å². The molecule has 0 spiro atoms. The van der Waals surface area contributed by atoms with E-state index < -0.39 is 27.8 Å². The van der Waals surface area contributed by atoms with Gasteiger partial charge in [0, 0.05) is 5.56 Å². The number of hydrogen-bond acceptors (Lipinski definition) is 7. The summed E-state index contributed by atoms with van der Waals surface area (Å²) in [6, 6.07) is 7.09. The second kappa shape index (κ2) is 11.8. The van der Waals surface area contributed by atoms with E-state index in [0.717, 1.165) is 16.9 Å². The first-order valence-electron chi connectivity index (χ1n) is 10.9. The minimum Gasteiger partial charge on any atom is -0.462 e. The number of esters is 2. The van der Waals surface area contributed by atoms with Crippen LogP contribution in [0.4, 0.5) is 5.00 Å². The average Bonchev–Trinajstić information content (AvgIpc) is 3.08. The summed E-state index contributed by atoms with van der Waals surface area (Å²) >= 11 is 19.5. The highest BCUT2D eigenvalue weighted by molar-refractivity contribution is 7.18. The van der Waals surface area contributed by atoms with Crippen molar-refractivity contribution in [1.29, 1.82) is 0 Å². The highest BCUT2D eigenvalue weighted by atomic mass is 35.6. The van der Waals surface area contributed by atoms with Gasteiger partial charge in [0.2, 0.25) is 3.79 Å². The van der Waals surface area contributed by atoms with Gasteiger partial charge in [-0.25, -0.2) is 9.59 Å². The van der Waals surface area contributed by atoms with Crippen LogP contribution in [0.1, 0.15) is 76.1 Å². The van der Waals surface area contributed by atoms with Crippen LogP contribution in [0.2, 0.25) is 0 Å². The SMILES string of the molecule is CCOC(=O)c1sc(N[C@@H](NC(=O)c2ccc(C(C)(C)C)cc2)C(Cl)(Cl)Cl)c(C(=O)OCC)c1C. The molecule has 1 amide bonds. The van der Waals surface area contributed by atoms with Gasteiger partial charge in [-0.1, -0.05) is 67.7 Å². The van der Waals surface area contributed by atoms with Crippen molar-refractivity contribution in [2.24, 2.45) is 0 Å². The third kappa shape index (κ3) is 7.49. The van der Waals surface area contributed by atoms with Crippen molar-refractivity contribution in [3.8, 4) is 0 Å². The van der Waals surface area contributed by atoms with E-state index in [4.69, 9.17) is 44.3 Å². The molecule has 0 aliphatic carbocycles. The Balaban J connectivity index is 2.40. The van der Waals surface area contributed by atoms with Crippen molar-refractivity contribution in [3.05, 3.63) is 51.4 Å². The molecule has 7 nitrogen and oxygen atoms in total. The lowest BCUT2D eigenvalue weighted by atomic mass is 9.87. The number of nitrogens with one attached hydrogen (secondary N) is 2. The van der Waals surface area contributed by atoms with Crippen molar-refractivity contribution < 1.29 is 23.9 Å². The van der Waals surface area contributed by atoms with Gasteiger partial charge in [-0.15, -0.1) is 11.3 Å². The third-order valence-electron chi connectivity index (χ3n) is 4.98. The van der Waals surface area contributed by atoms with E-state index in [1.807, 2.05) is 12.1 Å². The first-order valence-corrected chi connectivity index (χ1v) is 12.9. The molecule has 2 N–H and O–H groups in total. The highest BCUT2D eigenvalue weighted by Crippen LogP contribution is 2.38. The van der Waals surface area contributed by atoms with E-state index in [2.05, 4.69) is 31.4 Å². The fourth-order valence-corrected chi connectivity index (χ4v) is 4.57. The van der Waals surface area contributed by atoms with Crippen LogP contribution in [-0.2, 0) is 14.9 Å². The van der Waals surface area contributed by atoms with Crippen LogP contribution in [0.3, 0.4) is 0 Å². The summed E-state index contributed by atoms with van der Waals surface area (Å²) in [5.41, 5.74) is 1.81. The Labute approximate surface area is 224 Å². The average molecular weight is 564 g/mol. The highest BCUT2D eigenvalue weighted by Gasteiger charge is 2.37. The van der Waals surface area contributed by atoms with Crippen LogP contribution in [0.5, 0.6) is 0 Å². The molecule has 1 heterocycles. The monoisotopic (exact) mass is 562 g/mol. The van der Waals surface area contributed by atoms with Crippen LogP contribution < -0.4 is 10.6 Å². The smallest absolute Gasteiger partial charge is 0.348 e. The molecule has 0 bridgehead atoms. The van der Waals surface area contributed by atoms with E-state index in [1.165, 1.54) is 0 Å². The predicted octanol–water partition coefficient (Wildman–Crippen LogP) is 6.25. The van der Waals surface area contributed by atoms with Crippen molar-refractivity contribution in [2.75, 3.05) is 18.5 Å². The van der Waals surface area contributed by atoms with E-state index in [0.29, 0.717) is 11.1 Å². The number of anilines is 1. The summed E-state index contributed by atoms with van der Waals surface area (Å²) in [7, 11) is 0. The lowest BCUT2D eigenvalue weighted by molar-refractivity contribution is 0.0527. The number of benzene rings is 1. The summed E-state index contributed by atoms with van der Waals surface area (Å²) < 4.78 is 8.23. The maximum atomic E-state index is 13.0. The molecule has 0 saturated carbocycles. The molecule has 1 aromatic heterocycles. The molecule has 0 aliphatic rings. The van der Waals surface area contributed by atoms with Crippen molar-refractivity contribution >= 4 is 69.0 Å². The van der Waals surface area contributed by atoms with Gasteiger partial charge < -0.3 is 20.1 Å². The summed E-state index contributed by atoms with van der Waals surface area (Å²) in [5.74, 6) is -1.75. The molecule has 1 aromatic carbocycles. The number of halogens is 3. The van der Waals surface area contributed by atoms with Gasteiger partial charge >= 0.3 is 11.9 Å². The number of ether oxygens (including phenoxy) is 2. The molecule has 35 heavy (non-hydrogen) atoms. The molecule has 192 valence electrons. The molecule has 0 fully saturated rings. The molecule has 0 radical (unpaired) electrons. The normalized spacial score (nSPS) is 12.6. The number of carbonyl (C=O) groups is 3. The van der Waals surface area contributed by atoms with Crippen LogP contribution in [0, 0.1) is 6.92 Å². The first-order chi connectivity index (χ1) is 16.2. The van der Waals surface area contributed by atoms with E-state index in [1.54, 1.807) is 32.9 Å². The molecular weight excluding hydrogens is 535 g/mol. The minimum atomic E-state index is -2.01. The number of thiophene rings is 1. The van der Waals surface area contributed by atoms with E-state index >= 15 is 0 Å². The standard InChI is InChI=1S/C24H29Cl3N2O5S/c1-7-33-20(31)16-13(3)17(21(32)34-8-2)35-19(16)29-22(24(25,26)27)28-18(30)14-9-11-15(12-10-14)23(4,5)6/h9-12,22,29H,7-8H2,1-6H3,(H,28,30)/t22-/m1/s1. The van der Waals surface area contributed by atoms with E-state index in [-0.39, 0.29) is 34.1 Å². The summed E-state index contributed by atoms with van der Waals surface area (Å²) in [5, 5.41) is 5.76. The summed E-state index contributed by atoms with van der Waals surface area (Å²) in [6.45, 7) is 11.4. The number of rotatable bonds is 8. The Bertz CT molecular complexity index is 1070. The zero-order valence-corrected chi connectivity index (χ0v) is 23.5. The van der Waals surface area contributed by atoms with Crippen LogP contribution in [-0.4, -0.2) is 41.0 Å². The quantitative estimate of drug-likeness (QED) is 0.224. The molecule has 0 aliphatic heterocycles. The third-order valence-corrected chi connectivity index (χ3v) is 6.84. The van der Waals surface area contributed by atoms with Gasteiger partial charge in [-0.2, -0.15) is 0 Å². The Morgan fingerprint density at radius 1 is 0.971 bits per heavy atom. The number of amides is 1. The van der Waals surface area contributed by atoms with E-state index in [9.17, 15) is 14.4 Å². The van der Waals surface area contributed by atoms with Crippen LogP contribution >= 0.6 is 46.1 Å². The maximum absolute atomic E-state index is 13.0. The zero-order chi connectivity index (χ0) is 26.6. The lowest BCUT2D eigenvalue weighted by Gasteiger charge is -2.27. The maximum Gasteiger partial charge on any atom is 0.348 e. The Hall–Kier alpha value is -2.00. The molecule has 0 unspecified atom stereocenters. The van der Waals surface area contributed by atoms with Gasteiger partial charge in [0.25, 0.3) is 5.91 Å².